The molecule has 2 unspecified atom stereocenters. The lowest BCUT2D eigenvalue weighted by molar-refractivity contribution is -0.384. The van der Waals surface area contributed by atoms with E-state index in [1.54, 1.807) is 18.2 Å². The second-order valence-corrected chi connectivity index (χ2v) is 5.59. The van der Waals surface area contributed by atoms with Crippen molar-refractivity contribution in [3.8, 4) is 5.69 Å². The van der Waals surface area contributed by atoms with Crippen molar-refractivity contribution < 1.29 is 14.8 Å². The molecule has 0 aliphatic carbocycles. The summed E-state index contributed by atoms with van der Waals surface area (Å²) in [6.45, 7) is 1.50. The van der Waals surface area contributed by atoms with Gasteiger partial charge in [0.25, 0.3) is 11.6 Å². The Morgan fingerprint density at radius 3 is 2.84 bits per heavy atom. The second kappa shape index (κ2) is 8.06. The van der Waals surface area contributed by atoms with Gasteiger partial charge in [-0.3, -0.25) is 14.9 Å². The molecule has 0 spiro atoms. The molecule has 1 fully saturated rings. The fourth-order valence-electron chi connectivity index (χ4n) is 2.63. The molecule has 1 aromatic heterocycles. The Hall–Kier alpha value is -2.49. The van der Waals surface area contributed by atoms with Crippen LogP contribution in [0.2, 0.25) is 0 Å². The number of benzene rings is 1. The van der Waals surface area contributed by atoms with Gasteiger partial charge < -0.3 is 15.7 Å². The molecular weight excluding hydrogens is 350 g/mol. The monoisotopic (exact) mass is 367 g/mol. The van der Waals surface area contributed by atoms with E-state index in [9.17, 15) is 20.0 Å². The number of halogens is 1. The standard InChI is InChI=1S/C15H17N5O4.ClH/c21-14-9-16-7-10(14)8-17-15(22)11-5-6-19(18-11)12-3-1-2-4-13(12)20(23)24;/h1-6,10,14,16,21H,7-9H2,(H,17,22);1H. The van der Waals surface area contributed by atoms with Crippen LogP contribution in [0.25, 0.3) is 5.69 Å². The van der Waals surface area contributed by atoms with Crippen LogP contribution in [0.3, 0.4) is 0 Å². The molecule has 134 valence electrons. The maximum Gasteiger partial charge on any atom is 0.294 e. The molecule has 9 nitrogen and oxygen atoms in total. The topological polar surface area (TPSA) is 122 Å². The van der Waals surface area contributed by atoms with E-state index in [4.69, 9.17) is 0 Å². The fourth-order valence-corrected chi connectivity index (χ4v) is 2.63. The van der Waals surface area contributed by atoms with Crippen molar-refractivity contribution in [2.75, 3.05) is 19.6 Å². The zero-order valence-electron chi connectivity index (χ0n) is 13.2. The molecule has 10 heteroatoms. The Labute approximate surface area is 149 Å². The number of amides is 1. The van der Waals surface area contributed by atoms with Crippen molar-refractivity contribution in [3.05, 3.63) is 52.3 Å². The first-order valence-electron chi connectivity index (χ1n) is 7.52. The number of carbonyl (C=O) groups is 1. The Morgan fingerprint density at radius 2 is 2.16 bits per heavy atom. The number of aliphatic hydroxyl groups is 1. The minimum atomic E-state index is -0.495. The largest absolute Gasteiger partial charge is 0.391 e. The number of carbonyl (C=O) groups excluding carboxylic acids is 1. The van der Waals surface area contributed by atoms with Gasteiger partial charge in [-0.15, -0.1) is 12.4 Å². The molecule has 1 aromatic carbocycles. The molecule has 2 heterocycles. The van der Waals surface area contributed by atoms with Gasteiger partial charge in [0, 0.05) is 37.8 Å². The number of para-hydroxylation sites is 2. The maximum atomic E-state index is 12.1. The van der Waals surface area contributed by atoms with Crippen molar-refractivity contribution in [3.63, 3.8) is 0 Å². The number of aliphatic hydroxyl groups excluding tert-OH is 1. The zero-order valence-corrected chi connectivity index (χ0v) is 14.0. The van der Waals surface area contributed by atoms with Crippen molar-refractivity contribution in [2.24, 2.45) is 5.92 Å². The van der Waals surface area contributed by atoms with Gasteiger partial charge in [0.15, 0.2) is 5.69 Å². The van der Waals surface area contributed by atoms with Crippen molar-refractivity contribution in [2.45, 2.75) is 6.10 Å². The van der Waals surface area contributed by atoms with E-state index in [0.717, 1.165) is 0 Å². The van der Waals surface area contributed by atoms with Gasteiger partial charge in [-0.05, 0) is 12.1 Å². The van der Waals surface area contributed by atoms with E-state index in [2.05, 4.69) is 15.7 Å². The average molecular weight is 368 g/mol. The third kappa shape index (κ3) is 4.13. The van der Waals surface area contributed by atoms with E-state index in [-0.39, 0.29) is 41.3 Å². The summed E-state index contributed by atoms with van der Waals surface area (Å²) in [5, 5.41) is 30.7. The van der Waals surface area contributed by atoms with Gasteiger partial charge >= 0.3 is 0 Å². The lowest BCUT2D eigenvalue weighted by Crippen LogP contribution is -2.34. The number of nitrogens with one attached hydrogen (secondary N) is 2. The van der Waals surface area contributed by atoms with Crippen LogP contribution in [-0.4, -0.2) is 51.5 Å². The van der Waals surface area contributed by atoms with Gasteiger partial charge in [-0.1, -0.05) is 12.1 Å². The summed E-state index contributed by atoms with van der Waals surface area (Å²) in [5.74, 6) is -0.419. The molecule has 25 heavy (non-hydrogen) atoms. The molecule has 2 atom stereocenters. The lowest BCUT2D eigenvalue weighted by atomic mass is 10.1. The second-order valence-electron chi connectivity index (χ2n) is 5.59. The van der Waals surface area contributed by atoms with Crippen molar-refractivity contribution >= 4 is 24.0 Å². The van der Waals surface area contributed by atoms with Crippen LogP contribution in [0.1, 0.15) is 10.5 Å². The number of rotatable bonds is 5. The Morgan fingerprint density at radius 1 is 1.40 bits per heavy atom. The summed E-state index contributed by atoms with van der Waals surface area (Å²) in [4.78, 5) is 22.7. The highest BCUT2D eigenvalue weighted by Gasteiger charge is 2.25. The molecule has 1 aliphatic heterocycles. The Balaban J connectivity index is 0.00000225. The molecule has 0 bridgehead atoms. The molecule has 0 saturated carbocycles. The van der Waals surface area contributed by atoms with E-state index in [1.165, 1.54) is 23.0 Å². The third-order valence-corrected chi connectivity index (χ3v) is 3.98. The molecule has 0 radical (unpaired) electrons. The first-order chi connectivity index (χ1) is 11.6. The first-order valence-corrected chi connectivity index (χ1v) is 7.52. The van der Waals surface area contributed by atoms with Crippen molar-refractivity contribution in [1.82, 2.24) is 20.4 Å². The smallest absolute Gasteiger partial charge is 0.294 e. The van der Waals surface area contributed by atoms with Gasteiger partial charge in [0.1, 0.15) is 5.69 Å². The molecule has 1 saturated heterocycles. The lowest BCUT2D eigenvalue weighted by Gasteiger charge is -2.13. The molecule has 3 N–H and O–H groups in total. The van der Waals surface area contributed by atoms with Crippen LogP contribution in [0.15, 0.2) is 36.5 Å². The predicted octanol–water partition coefficient (Wildman–Crippen LogP) is 0.512. The number of aromatic nitrogens is 2. The van der Waals surface area contributed by atoms with Gasteiger partial charge in [0.05, 0.1) is 11.0 Å². The highest BCUT2D eigenvalue weighted by Crippen LogP contribution is 2.21. The molecule has 3 rings (SSSR count). The van der Waals surface area contributed by atoms with Crippen LogP contribution in [0, 0.1) is 16.0 Å². The van der Waals surface area contributed by atoms with Crippen LogP contribution >= 0.6 is 12.4 Å². The molecular formula is C15H18ClN5O4. The number of hydrogen-bond acceptors (Lipinski definition) is 6. The summed E-state index contributed by atoms with van der Waals surface area (Å²) in [6.07, 6.45) is 1.03. The quantitative estimate of drug-likeness (QED) is 0.523. The minimum absolute atomic E-state index is 0. The van der Waals surface area contributed by atoms with Crippen molar-refractivity contribution in [1.29, 1.82) is 0 Å². The normalized spacial score (nSPS) is 19.2. The SMILES string of the molecule is Cl.O=C(NCC1CNCC1O)c1ccn(-c2ccccc2[N+](=O)[O-])n1. The van der Waals surface area contributed by atoms with E-state index in [1.807, 2.05) is 0 Å². The summed E-state index contributed by atoms with van der Waals surface area (Å²) < 4.78 is 1.30. The average Bonchev–Trinajstić information content (AvgIpc) is 3.22. The van der Waals surface area contributed by atoms with Crippen LogP contribution < -0.4 is 10.6 Å². The summed E-state index contributed by atoms with van der Waals surface area (Å²) in [6, 6.07) is 7.67. The summed E-state index contributed by atoms with van der Waals surface area (Å²) in [5.41, 5.74) is 0.360. The highest BCUT2D eigenvalue weighted by molar-refractivity contribution is 5.92. The third-order valence-electron chi connectivity index (χ3n) is 3.98. The first kappa shape index (κ1) is 18.8. The number of β-amino-alcohol motifs (C(OH)–C–C–N with tert-alkyl or cyclic N) is 1. The van der Waals surface area contributed by atoms with Gasteiger partial charge in [0.2, 0.25) is 0 Å². The fraction of sp³-hybridized carbons (Fsp3) is 0.333. The summed E-state index contributed by atoms with van der Waals surface area (Å²) >= 11 is 0. The van der Waals surface area contributed by atoms with E-state index < -0.39 is 11.0 Å². The maximum absolute atomic E-state index is 12.1. The number of hydrogen-bond donors (Lipinski definition) is 3. The molecule has 2 aromatic rings. The summed E-state index contributed by atoms with van der Waals surface area (Å²) in [7, 11) is 0. The zero-order chi connectivity index (χ0) is 17.1. The predicted molar refractivity (Wildman–Crippen MR) is 92.2 cm³/mol. The van der Waals surface area contributed by atoms with E-state index in [0.29, 0.717) is 19.6 Å². The van der Waals surface area contributed by atoms with Gasteiger partial charge in [-0.2, -0.15) is 5.10 Å². The Kier molecular flexibility index (Phi) is 6.07. The molecule has 1 aliphatic rings. The molecule has 1 amide bonds. The van der Waals surface area contributed by atoms with Crippen LogP contribution in [0.4, 0.5) is 5.69 Å². The number of nitro groups is 1. The number of nitrogens with zero attached hydrogens (tertiary/aromatic N) is 3. The Bertz CT molecular complexity index is 766. The van der Waals surface area contributed by atoms with Gasteiger partial charge in [-0.25, -0.2) is 4.68 Å². The van der Waals surface area contributed by atoms with E-state index >= 15 is 0 Å². The number of nitro benzene ring substituents is 1. The van der Waals surface area contributed by atoms with Crippen LogP contribution in [-0.2, 0) is 0 Å². The van der Waals surface area contributed by atoms with Crippen LogP contribution in [0.5, 0.6) is 0 Å². The minimum Gasteiger partial charge on any atom is -0.391 e. The highest BCUT2D eigenvalue weighted by atomic mass is 35.5.